The van der Waals surface area contributed by atoms with Gasteiger partial charge in [0.2, 0.25) is 0 Å². The molecule has 1 unspecified atom stereocenters. The third kappa shape index (κ3) is 6.26. The molecular weight excluding hydrogens is 236 g/mol. The van der Waals surface area contributed by atoms with Gasteiger partial charge in [-0.15, -0.1) is 0 Å². The summed E-state index contributed by atoms with van der Waals surface area (Å²) in [6.45, 7) is 12.9. The van der Waals surface area contributed by atoms with Crippen molar-refractivity contribution in [1.82, 2.24) is 10.2 Å². The zero-order valence-electron chi connectivity index (χ0n) is 13.4. The van der Waals surface area contributed by atoms with E-state index in [9.17, 15) is 0 Å². The van der Waals surface area contributed by atoms with Crippen molar-refractivity contribution in [2.24, 2.45) is 5.92 Å². The summed E-state index contributed by atoms with van der Waals surface area (Å²) in [6, 6.07) is 3.25. The highest BCUT2D eigenvalue weighted by Gasteiger charge is 2.13. The summed E-state index contributed by atoms with van der Waals surface area (Å²) in [7, 11) is 2.17. The summed E-state index contributed by atoms with van der Waals surface area (Å²) in [5, 5.41) is 3.40. The molecule has 0 saturated heterocycles. The molecule has 0 aliphatic carbocycles. The Labute approximate surface area is 118 Å². The van der Waals surface area contributed by atoms with Crippen LogP contribution in [0.15, 0.2) is 16.7 Å². The monoisotopic (exact) mass is 266 g/mol. The van der Waals surface area contributed by atoms with Crippen molar-refractivity contribution in [2.75, 3.05) is 7.05 Å². The quantitative estimate of drug-likeness (QED) is 0.778. The Kier molecular flexibility index (Phi) is 6.59. The second-order valence-corrected chi connectivity index (χ2v) is 6.35. The molecule has 0 aromatic carbocycles. The second kappa shape index (κ2) is 7.71. The molecule has 0 fully saturated rings. The highest BCUT2D eigenvalue weighted by molar-refractivity contribution is 5.12. The Bertz CT molecular complexity index is 357. The third-order valence-electron chi connectivity index (χ3n) is 3.39. The molecule has 3 heteroatoms. The fraction of sp³-hybridized carbons (Fsp3) is 0.750. The highest BCUT2D eigenvalue weighted by Crippen LogP contribution is 2.15. The van der Waals surface area contributed by atoms with Crippen LogP contribution in [0.2, 0.25) is 0 Å². The van der Waals surface area contributed by atoms with Crippen molar-refractivity contribution in [1.29, 1.82) is 0 Å². The number of nitrogens with zero attached hydrogens (tertiary/aromatic N) is 1. The Morgan fingerprint density at radius 2 is 1.89 bits per heavy atom. The van der Waals surface area contributed by atoms with Gasteiger partial charge in [0, 0.05) is 24.2 Å². The second-order valence-electron chi connectivity index (χ2n) is 6.35. The normalized spacial score (nSPS) is 13.7. The van der Waals surface area contributed by atoms with Gasteiger partial charge in [0.25, 0.3) is 0 Å². The van der Waals surface area contributed by atoms with Crippen LogP contribution >= 0.6 is 0 Å². The molecule has 1 aromatic heterocycles. The first-order valence-corrected chi connectivity index (χ1v) is 7.38. The van der Waals surface area contributed by atoms with Crippen molar-refractivity contribution >= 4 is 0 Å². The standard InChI is InChI=1S/C16H30N2O/c1-12(2)7-14(5)18(6)10-16-8-15(11-19-16)9-17-13(3)4/h8,11-14,17H,7,9-10H2,1-6H3. The lowest BCUT2D eigenvalue weighted by Gasteiger charge is -2.25. The molecular formula is C16H30N2O. The first-order valence-electron chi connectivity index (χ1n) is 7.38. The van der Waals surface area contributed by atoms with Crippen LogP contribution in [0.25, 0.3) is 0 Å². The third-order valence-corrected chi connectivity index (χ3v) is 3.39. The van der Waals surface area contributed by atoms with Crippen LogP contribution in [0.5, 0.6) is 0 Å². The SMILES string of the molecule is CC(C)CC(C)N(C)Cc1cc(CNC(C)C)co1. The van der Waals surface area contributed by atoms with E-state index < -0.39 is 0 Å². The summed E-state index contributed by atoms with van der Waals surface area (Å²) >= 11 is 0. The van der Waals surface area contributed by atoms with E-state index in [1.54, 1.807) is 0 Å². The van der Waals surface area contributed by atoms with Gasteiger partial charge in [0.1, 0.15) is 5.76 Å². The molecule has 0 aliphatic rings. The van der Waals surface area contributed by atoms with Gasteiger partial charge in [0.05, 0.1) is 12.8 Å². The van der Waals surface area contributed by atoms with E-state index in [0.29, 0.717) is 12.1 Å². The van der Waals surface area contributed by atoms with Crippen LogP contribution in [-0.2, 0) is 13.1 Å². The summed E-state index contributed by atoms with van der Waals surface area (Å²) in [5.41, 5.74) is 1.23. The molecule has 0 saturated carbocycles. The van der Waals surface area contributed by atoms with Gasteiger partial charge < -0.3 is 9.73 Å². The highest BCUT2D eigenvalue weighted by atomic mass is 16.3. The summed E-state index contributed by atoms with van der Waals surface area (Å²) in [4.78, 5) is 2.36. The van der Waals surface area contributed by atoms with E-state index in [1.807, 2.05) is 6.26 Å². The van der Waals surface area contributed by atoms with Crippen LogP contribution in [0.3, 0.4) is 0 Å². The Morgan fingerprint density at radius 1 is 1.21 bits per heavy atom. The zero-order valence-corrected chi connectivity index (χ0v) is 13.4. The molecule has 0 radical (unpaired) electrons. The minimum Gasteiger partial charge on any atom is -0.468 e. The summed E-state index contributed by atoms with van der Waals surface area (Å²) in [6.07, 6.45) is 3.09. The van der Waals surface area contributed by atoms with E-state index >= 15 is 0 Å². The predicted molar refractivity (Wildman–Crippen MR) is 81.1 cm³/mol. The van der Waals surface area contributed by atoms with E-state index in [0.717, 1.165) is 24.8 Å². The van der Waals surface area contributed by atoms with Crippen molar-refractivity contribution in [2.45, 2.75) is 66.2 Å². The van der Waals surface area contributed by atoms with E-state index in [4.69, 9.17) is 4.42 Å². The lowest BCUT2D eigenvalue weighted by molar-refractivity contribution is 0.205. The van der Waals surface area contributed by atoms with Gasteiger partial charge in [-0.3, -0.25) is 4.90 Å². The molecule has 3 nitrogen and oxygen atoms in total. The van der Waals surface area contributed by atoms with Crippen LogP contribution in [0.1, 0.15) is 52.4 Å². The topological polar surface area (TPSA) is 28.4 Å². The predicted octanol–water partition coefficient (Wildman–Crippen LogP) is 3.64. The molecule has 1 atom stereocenters. The minimum absolute atomic E-state index is 0.507. The van der Waals surface area contributed by atoms with E-state index in [-0.39, 0.29) is 0 Å². The van der Waals surface area contributed by atoms with E-state index in [1.165, 1.54) is 12.0 Å². The van der Waals surface area contributed by atoms with Crippen molar-refractivity contribution in [3.8, 4) is 0 Å². The van der Waals surface area contributed by atoms with Gasteiger partial charge >= 0.3 is 0 Å². The summed E-state index contributed by atoms with van der Waals surface area (Å²) < 4.78 is 5.64. The van der Waals surface area contributed by atoms with Crippen molar-refractivity contribution < 1.29 is 4.42 Å². The first kappa shape index (κ1) is 16.3. The molecule has 1 rings (SSSR count). The van der Waals surface area contributed by atoms with Gasteiger partial charge in [-0.05, 0) is 32.4 Å². The number of hydrogen-bond acceptors (Lipinski definition) is 3. The average Bonchev–Trinajstić information content (AvgIpc) is 2.73. The molecule has 0 amide bonds. The van der Waals surface area contributed by atoms with Crippen LogP contribution in [-0.4, -0.2) is 24.0 Å². The van der Waals surface area contributed by atoms with E-state index in [2.05, 4.69) is 57.9 Å². The maximum atomic E-state index is 5.64. The van der Waals surface area contributed by atoms with Gasteiger partial charge in [0.15, 0.2) is 0 Å². The van der Waals surface area contributed by atoms with Crippen LogP contribution in [0, 0.1) is 5.92 Å². The lowest BCUT2D eigenvalue weighted by atomic mass is 10.0. The number of furan rings is 1. The largest absolute Gasteiger partial charge is 0.468 e. The zero-order chi connectivity index (χ0) is 14.4. The number of hydrogen-bond donors (Lipinski definition) is 1. The minimum atomic E-state index is 0.507. The fourth-order valence-electron chi connectivity index (χ4n) is 2.19. The molecule has 19 heavy (non-hydrogen) atoms. The maximum absolute atomic E-state index is 5.64. The van der Waals surface area contributed by atoms with Gasteiger partial charge in [-0.25, -0.2) is 0 Å². The molecule has 0 bridgehead atoms. The van der Waals surface area contributed by atoms with Crippen molar-refractivity contribution in [3.05, 3.63) is 23.7 Å². The molecule has 1 N–H and O–H groups in total. The Balaban J connectivity index is 2.44. The smallest absolute Gasteiger partial charge is 0.118 e. The maximum Gasteiger partial charge on any atom is 0.118 e. The Hall–Kier alpha value is -0.800. The molecule has 1 aromatic rings. The number of nitrogens with one attached hydrogen (secondary N) is 1. The molecule has 0 spiro atoms. The van der Waals surface area contributed by atoms with Gasteiger partial charge in [-0.2, -0.15) is 0 Å². The Morgan fingerprint density at radius 3 is 2.47 bits per heavy atom. The lowest BCUT2D eigenvalue weighted by Crippen LogP contribution is -2.29. The first-order chi connectivity index (χ1) is 8.88. The van der Waals surface area contributed by atoms with Crippen LogP contribution < -0.4 is 5.32 Å². The van der Waals surface area contributed by atoms with Crippen LogP contribution in [0.4, 0.5) is 0 Å². The molecule has 1 heterocycles. The van der Waals surface area contributed by atoms with Crippen molar-refractivity contribution in [3.63, 3.8) is 0 Å². The molecule has 110 valence electrons. The average molecular weight is 266 g/mol. The fourth-order valence-corrected chi connectivity index (χ4v) is 2.19. The number of rotatable bonds is 8. The molecule has 0 aliphatic heterocycles. The van der Waals surface area contributed by atoms with Gasteiger partial charge in [-0.1, -0.05) is 27.7 Å². The summed E-state index contributed by atoms with van der Waals surface area (Å²) in [5.74, 6) is 1.79.